The van der Waals surface area contributed by atoms with E-state index in [1.807, 2.05) is 40.2 Å². The number of aryl methyl sites for hydroxylation is 2. The first-order valence-corrected chi connectivity index (χ1v) is 13.5. The van der Waals surface area contributed by atoms with Crippen molar-refractivity contribution in [2.24, 2.45) is 10.1 Å². The van der Waals surface area contributed by atoms with Crippen molar-refractivity contribution in [2.75, 3.05) is 24.6 Å². The minimum atomic E-state index is -0.194. The molecule has 0 amide bonds. The molecule has 3 aliphatic rings. The predicted molar refractivity (Wildman–Crippen MR) is 159 cm³/mol. The molecule has 1 unspecified atom stereocenters. The van der Waals surface area contributed by atoms with Gasteiger partial charge in [-0.3, -0.25) is 14.6 Å². The lowest BCUT2D eigenvalue weighted by Crippen LogP contribution is -2.48. The Morgan fingerprint density at radius 3 is 2.23 bits per heavy atom. The van der Waals surface area contributed by atoms with Gasteiger partial charge >= 0.3 is 0 Å². The summed E-state index contributed by atoms with van der Waals surface area (Å²) in [6.07, 6.45) is 2.26. The summed E-state index contributed by atoms with van der Waals surface area (Å²) >= 11 is 0. The number of ketones is 1. The molecule has 3 aromatic carbocycles. The van der Waals surface area contributed by atoms with Crippen molar-refractivity contribution in [3.05, 3.63) is 118 Å². The summed E-state index contributed by atoms with van der Waals surface area (Å²) in [4.78, 5) is 22.8. The maximum absolute atomic E-state index is 13.0. The van der Waals surface area contributed by atoms with Crippen molar-refractivity contribution in [1.82, 2.24) is 9.80 Å². The normalized spacial score (nSPS) is 20.1. The predicted octanol–water partition coefficient (Wildman–Crippen LogP) is 6.11. The SMILES string of the molecule is CCN1CC2=C(N=C3N(c4ccccc4)N=C(C(C)=O)N3C2c2ccc(C)cc2)/C(=C/c2ccc(C)cc2)C1. The topological polar surface area (TPSA) is 51.5 Å². The molecule has 39 heavy (non-hydrogen) atoms. The van der Waals surface area contributed by atoms with Crippen LogP contribution in [0.2, 0.25) is 0 Å². The number of Topliss-reactive ketones (excluding diaryl/α,β-unsaturated/α-hetero) is 1. The summed E-state index contributed by atoms with van der Waals surface area (Å²) < 4.78 is 0. The van der Waals surface area contributed by atoms with Crippen molar-refractivity contribution in [2.45, 2.75) is 33.7 Å². The van der Waals surface area contributed by atoms with E-state index < -0.39 is 0 Å². The zero-order valence-corrected chi connectivity index (χ0v) is 22.9. The van der Waals surface area contributed by atoms with Crippen molar-refractivity contribution in [1.29, 1.82) is 0 Å². The fourth-order valence-corrected chi connectivity index (χ4v) is 5.52. The molecule has 3 aromatic rings. The summed E-state index contributed by atoms with van der Waals surface area (Å²) in [6, 6.07) is 27.0. The lowest BCUT2D eigenvalue weighted by Gasteiger charge is -2.42. The Morgan fingerprint density at radius 1 is 0.923 bits per heavy atom. The first-order valence-electron chi connectivity index (χ1n) is 13.5. The first-order chi connectivity index (χ1) is 18.9. The number of aliphatic imine (C=N–C) groups is 1. The molecule has 0 N–H and O–H groups in total. The number of hydrogen-bond acceptors (Lipinski definition) is 6. The quantitative estimate of drug-likeness (QED) is 0.411. The summed E-state index contributed by atoms with van der Waals surface area (Å²) in [6.45, 7) is 10.5. The van der Waals surface area contributed by atoms with Crippen molar-refractivity contribution < 1.29 is 4.79 Å². The van der Waals surface area contributed by atoms with E-state index in [1.54, 1.807) is 6.92 Å². The number of rotatable bonds is 5. The van der Waals surface area contributed by atoms with Crippen LogP contribution in [0.1, 0.15) is 42.1 Å². The van der Waals surface area contributed by atoms with Gasteiger partial charge in [0, 0.05) is 20.0 Å². The summed E-state index contributed by atoms with van der Waals surface area (Å²) in [5.41, 5.74) is 8.95. The number of carbonyl (C=O) groups is 1. The second kappa shape index (κ2) is 10.1. The van der Waals surface area contributed by atoms with E-state index in [-0.39, 0.29) is 11.8 Å². The van der Waals surface area contributed by atoms with E-state index in [9.17, 15) is 4.79 Å². The highest BCUT2D eigenvalue weighted by atomic mass is 16.1. The van der Waals surface area contributed by atoms with Crippen LogP contribution in [0.3, 0.4) is 0 Å². The highest BCUT2D eigenvalue weighted by Crippen LogP contribution is 2.44. The lowest BCUT2D eigenvalue weighted by atomic mass is 9.87. The molecule has 0 bridgehead atoms. The molecule has 0 saturated carbocycles. The number of amidine groups is 1. The van der Waals surface area contributed by atoms with Crippen LogP contribution in [0.4, 0.5) is 5.69 Å². The average Bonchev–Trinajstić information content (AvgIpc) is 3.34. The first kappa shape index (κ1) is 25.0. The molecule has 1 atom stereocenters. The Balaban J connectivity index is 1.59. The largest absolute Gasteiger partial charge is 0.295 e. The number of para-hydroxylation sites is 1. The highest BCUT2D eigenvalue weighted by molar-refractivity contribution is 6.43. The van der Waals surface area contributed by atoms with Gasteiger partial charge in [0.05, 0.1) is 17.4 Å². The number of carbonyl (C=O) groups excluding carboxylic acids is 1. The van der Waals surface area contributed by atoms with Gasteiger partial charge in [0.2, 0.25) is 5.96 Å². The molecular formula is C33H33N5O. The number of guanidine groups is 1. The van der Waals surface area contributed by atoms with Gasteiger partial charge < -0.3 is 0 Å². The molecule has 3 aliphatic heterocycles. The van der Waals surface area contributed by atoms with E-state index >= 15 is 0 Å². The monoisotopic (exact) mass is 515 g/mol. The Labute approximate surface area is 230 Å². The third kappa shape index (κ3) is 4.61. The Kier molecular flexibility index (Phi) is 6.49. The van der Waals surface area contributed by atoms with E-state index in [0.717, 1.165) is 42.1 Å². The molecular weight excluding hydrogens is 482 g/mol. The van der Waals surface area contributed by atoms with Crippen LogP contribution in [0.5, 0.6) is 0 Å². The van der Waals surface area contributed by atoms with Crippen molar-refractivity contribution in [3.8, 4) is 0 Å². The summed E-state index contributed by atoms with van der Waals surface area (Å²) in [7, 11) is 0. The Bertz CT molecular complexity index is 1530. The third-order valence-corrected chi connectivity index (χ3v) is 7.60. The van der Waals surface area contributed by atoms with Crippen LogP contribution < -0.4 is 5.01 Å². The molecule has 0 radical (unpaired) electrons. The van der Waals surface area contributed by atoms with Gasteiger partial charge in [-0.15, -0.1) is 5.10 Å². The zero-order valence-electron chi connectivity index (χ0n) is 22.9. The van der Waals surface area contributed by atoms with Crippen LogP contribution in [0.25, 0.3) is 6.08 Å². The van der Waals surface area contributed by atoms with E-state index in [0.29, 0.717) is 11.8 Å². The minimum Gasteiger partial charge on any atom is -0.295 e. The van der Waals surface area contributed by atoms with Crippen LogP contribution >= 0.6 is 0 Å². The molecule has 196 valence electrons. The van der Waals surface area contributed by atoms with Crippen LogP contribution in [0, 0.1) is 13.8 Å². The number of benzene rings is 3. The Hall–Kier alpha value is -4.29. The average molecular weight is 516 g/mol. The van der Waals surface area contributed by atoms with Gasteiger partial charge in [0.1, 0.15) is 0 Å². The van der Waals surface area contributed by atoms with Gasteiger partial charge in [-0.1, -0.05) is 84.8 Å². The molecule has 0 aromatic heterocycles. The number of nitrogens with zero attached hydrogens (tertiary/aromatic N) is 5. The standard InChI is InChI=1S/C33H33N5O/c1-5-36-20-27(19-25-15-11-22(2)12-16-25)30-29(21-36)31(26-17-13-23(3)14-18-26)37-32(24(4)39)35-38(33(37)34-30)28-9-7-6-8-10-28/h6-19,31H,5,20-21H2,1-4H3/b27-19+. The second-order valence-corrected chi connectivity index (χ2v) is 10.5. The fraction of sp³-hybridized carbons (Fsp3) is 0.242. The van der Waals surface area contributed by atoms with E-state index in [1.165, 1.54) is 22.3 Å². The molecule has 6 rings (SSSR count). The highest BCUT2D eigenvalue weighted by Gasteiger charge is 2.46. The van der Waals surface area contributed by atoms with Crippen molar-refractivity contribution >= 4 is 29.3 Å². The Morgan fingerprint density at radius 2 is 1.59 bits per heavy atom. The number of likely N-dealkylation sites (N-methyl/N-ethyl adjacent to an activating group) is 1. The van der Waals surface area contributed by atoms with E-state index in [2.05, 4.69) is 80.3 Å². The van der Waals surface area contributed by atoms with Gasteiger partial charge in [-0.25, -0.2) is 4.99 Å². The fourth-order valence-electron chi connectivity index (χ4n) is 5.52. The van der Waals surface area contributed by atoms with Gasteiger partial charge in [0.25, 0.3) is 0 Å². The number of anilines is 1. The number of hydrogen-bond donors (Lipinski definition) is 0. The van der Waals surface area contributed by atoms with E-state index in [4.69, 9.17) is 10.1 Å². The van der Waals surface area contributed by atoms with Crippen LogP contribution in [-0.4, -0.2) is 47.0 Å². The maximum Gasteiger partial charge on any atom is 0.234 e. The molecule has 0 aliphatic carbocycles. The molecule has 0 spiro atoms. The number of fused-ring (bicyclic) bond motifs is 1. The lowest BCUT2D eigenvalue weighted by molar-refractivity contribution is -0.111. The minimum absolute atomic E-state index is 0.0825. The number of hydrazone groups is 1. The van der Waals surface area contributed by atoms with Gasteiger partial charge in [-0.2, -0.15) is 5.01 Å². The van der Waals surface area contributed by atoms with Crippen LogP contribution in [-0.2, 0) is 4.79 Å². The van der Waals surface area contributed by atoms with Gasteiger partial charge in [0.15, 0.2) is 11.6 Å². The molecule has 6 nitrogen and oxygen atoms in total. The smallest absolute Gasteiger partial charge is 0.234 e. The third-order valence-electron chi connectivity index (χ3n) is 7.60. The van der Waals surface area contributed by atoms with Crippen LogP contribution in [0.15, 0.2) is 106 Å². The molecule has 0 saturated heterocycles. The van der Waals surface area contributed by atoms with Gasteiger partial charge in [-0.05, 0) is 60.9 Å². The molecule has 3 heterocycles. The summed E-state index contributed by atoms with van der Waals surface area (Å²) in [5, 5.41) is 6.66. The zero-order chi connectivity index (χ0) is 27.1. The summed E-state index contributed by atoms with van der Waals surface area (Å²) in [5.74, 6) is 0.990. The molecule has 6 heteroatoms. The molecule has 0 fully saturated rings. The second-order valence-electron chi connectivity index (χ2n) is 10.5. The van der Waals surface area contributed by atoms with Crippen molar-refractivity contribution in [3.63, 3.8) is 0 Å². The maximum atomic E-state index is 13.0.